The molecule has 3 heteroatoms. The summed E-state index contributed by atoms with van der Waals surface area (Å²) < 4.78 is 0. The molecule has 1 unspecified atom stereocenters. The van der Waals surface area contributed by atoms with Crippen molar-refractivity contribution in [3.8, 4) is 0 Å². The number of carbonyl (C=O) groups is 1. The lowest BCUT2D eigenvalue weighted by atomic mass is 10.2. The van der Waals surface area contributed by atoms with Crippen LogP contribution in [0, 0.1) is 0 Å². The molecule has 1 rings (SSSR count). The second kappa shape index (κ2) is 2.24. The highest BCUT2D eigenvalue weighted by molar-refractivity contribution is 5.83. The highest BCUT2D eigenvalue weighted by Crippen LogP contribution is 1.98. The van der Waals surface area contributed by atoms with Crippen LogP contribution in [0.15, 0.2) is 0 Å². The van der Waals surface area contributed by atoms with Gasteiger partial charge in [-0.2, -0.15) is 0 Å². The maximum Gasteiger partial charge on any atom is 0.148 e. The molecule has 0 aliphatic carbocycles. The number of hydrogen-bond acceptors (Lipinski definition) is 3. The van der Waals surface area contributed by atoms with Crippen molar-refractivity contribution in [2.24, 2.45) is 0 Å². The molecule has 0 spiro atoms. The third kappa shape index (κ3) is 1.05. The quantitative estimate of drug-likeness (QED) is 0.456. The average molecular weight is 115 g/mol. The van der Waals surface area contributed by atoms with Crippen molar-refractivity contribution in [1.82, 2.24) is 5.32 Å². The SMILES string of the molecule is O=C1CNC(CO)C1. The van der Waals surface area contributed by atoms with E-state index in [9.17, 15) is 4.79 Å². The molecule has 1 aliphatic heterocycles. The summed E-state index contributed by atoms with van der Waals surface area (Å²) in [5.74, 6) is 0.198. The van der Waals surface area contributed by atoms with Gasteiger partial charge in [0.2, 0.25) is 0 Å². The summed E-state index contributed by atoms with van der Waals surface area (Å²) >= 11 is 0. The molecule has 0 aromatic rings. The maximum absolute atomic E-state index is 10.4. The van der Waals surface area contributed by atoms with Crippen LogP contribution < -0.4 is 5.32 Å². The van der Waals surface area contributed by atoms with Gasteiger partial charge in [0.05, 0.1) is 13.2 Å². The van der Waals surface area contributed by atoms with E-state index in [1.807, 2.05) is 0 Å². The van der Waals surface area contributed by atoms with E-state index in [2.05, 4.69) is 5.32 Å². The molecule has 1 saturated heterocycles. The summed E-state index contributed by atoms with van der Waals surface area (Å²) in [6.45, 7) is 0.511. The van der Waals surface area contributed by atoms with Crippen molar-refractivity contribution in [3.63, 3.8) is 0 Å². The number of ketones is 1. The Morgan fingerprint density at radius 2 is 2.62 bits per heavy atom. The first-order valence-corrected chi connectivity index (χ1v) is 2.69. The molecule has 0 aromatic heterocycles. The van der Waals surface area contributed by atoms with Crippen LogP contribution >= 0.6 is 0 Å². The van der Waals surface area contributed by atoms with Crippen LogP contribution in [-0.2, 0) is 4.79 Å². The van der Waals surface area contributed by atoms with Crippen LogP contribution in [0.2, 0.25) is 0 Å². The lowest BCUT2D eigenvalue weighted by molar-refractivity contribution is -0.116. The monoisotopic (exact) mass is 115 g/mol. The van der Waals surface area contributed by atoms with Crippen molar-refractivity contribution in [2.75, 3.05) is 13.2 Å². The van der Waals surface area contributed by atoms with Crippen molar-refractivity contribution in [3.05, 3.63) is 0 Å². The zero-order chi connectivity index (χ0) is 5.98. The highest BCUT2D eigenvalue weighted by Gasteiger charge is 2.19. The number of nitrogens with one attached hydrogen (secondary N) is 1. The van der Waals surface area contributed by atoms with E-state index in [1.165, 1.54) is 0 Å². The topological polar surface area (TPSA) is 49.3 Å². The predicted octanol–water partition coefficient (Wildman–Crippen LogP) is -1.09. The molecule has 1 heterocycles. The van der Waals surface area contributed by atoms with Crippen molar-refractivity contribution in [2.45, 2.75) is 12.5 Å². The Balaban J connectivity index is 2.32. The summed E-state index contributed by atoms with van der Waals surface area (Å²) in [7, 11) is 0. The molecule has 3 nitrogen and oxygen atoms in total. The lowest BCUT2D eigenvalue weighted by Crippen LogP contribution is -2.24. The molecule has 0 saturated carbocycles. The fourth-order valence-electron chi connectivity index (χ4n) is 0.806. The molecule has 1 aliphatic rings. The molecule has 1 atom stereocenters. The normalized spacial score (nSPS) is 29.1. The van der Waals surface area contributed by atoms with Crippen LogP contribution in [-0.4, -0.2) is 30.1 Å². The Morgan fingerprint density at radius 1 is 1.88 bits per heavy atom. The van der Waals surface area contributed by atoms with Gasteiger partial charge in [-0.3, -0.25) is 4.79 Å². The highest BCUT2D eigenvalue weighted by atomic mass is 16.3. The third-order valence-electron chi connectivity index (χ3n) is 1.28. The zero-order valence-electron chi connectivity index (χ0n) is 4.55. The number of Topliss-reactive ketones (excluding diaryl/α,β-unsaturated/α-hetero) is 1. The van der Waals surface area contributed by atoms with Gasteiger partial charge in [0.15, 0.2) is 0 Å². The fourth-order valence-corrected chi connectivity index (χ4v) is 0.806. The number of aliphatic hydroxyl groups is 1. The van der Waals surface area contributed by atoms with Gasteiger partial charge in [0, 0.05) is 12.5 Å². The molecule has 1 fully saturated rings. The van der Waals surface area contributed by atoms with Crippen molar-refractivity contribution in [1.29, 1.82) is 0 Å². The molecule has 0 radical (unpaired) electrons. The smallest absolute Gasteiger partial charge is 0.148 e. The van der Waals surface area contributed by atoms with Gasteiger partial charge in [-0.25, -0.2) is 0 Å². The Bertz CT molecular complexity index is 103. The second-order valence-corrected chi connectivity index (χ2v) is 2.00. The minimum absolute atomic E-state index is 0.0301. The summed E-state index contributed by atoms with van der Waals surface area (Å²) in [5, 5.41) is 11.3. The first kappa shape index (κ1) is 5.72. The molecule has 0 aromatic carbocycles. The van der Waals surface area contributed by atoms with E-state index in [4.69, 9.17) is 5.11 Å². The van der Waals surface area contributed by atoms with E-state index in [1.54, 1.807) is 0 Å². The fraction of sp³-hybridized carbons (Fsp3) is 0.800. The summed E-state index contributed by atoms with van der Waals surface area (Å²) in [6.07, 6.45) is 0.497. The largest absolute Gasteiger partial charge is 0.395 e. The molecule has 8 heavy (non-hydrogen) atoms. The van der Waals surface area contributed by atoms with E-state index in [0.29, 0.717) is 13.0 Å². The minimum Gasteiger partial charge on any atom is -0.395 e. The van der Waals surface area contributed by atoms with Gasteiger partial charge in [0.25, 0.3) is 0 Å². The summed E-state index contributed by atoms with van der Waals surface area (Å²) in [4.78, 5) is 10.4. The van der Waals surface area contributed by atoms with Gasteiger partial charge >= 0.3 is 0 Å². The first-order chi connectivity index (χ1) is 3.83. The molecular weight excluding hydrogens is 106 g/mol. The Hall–Kier alpha value is -0.410. The lowest BCUT2D eigenvalue weighted by Gasteiger charge is -2.00. The van der Waals surface area contributed by atoms with Crippen LogP contribution in [0.3, 0.4) is 0 Å². The average Bonchev–Trinajstić information content (AvgIpc) is 2.14. The number of rotatable bonds is 1. The van der Waals surface area contributed by atoms with E-state index in [-0.39, 0.29) is 18.4 Å². The Morgan fingerprint density at radius 3 is 2.88 bits per heavy atom. The van der Waals surface area contributed by atoms with Crippen LogP contribution in [0.5, 0.6) is 0 Å². The van der Waals surface area contributed by atoms with Crippen LogP contribution in [0.1, 0.15) is 6.42 Å². The summed E-state index contributed by atoms with van der Waals surface area (Å²) in [6, 6.07) is 0.0301. The Kier molecular flexibility index (Phi) is 1.60. The molecule has 0 bridgehead atoms. The number of aliphatic hydroxyl groups excluding tert-OH is 1. The van der Waals surface area contributed by atoms with Crippen LogP contribution in [0.4, 0.5) is 0 Å². The molecular formula is C5H9NO2. The van der Waals surface area contributed by atoms with E-state index in [0.717, 1.165) is 0 Å². The van der Waals surface area contributed by atoms with Gasteiger partial charge in [0.1, 0.15) is 5.78 Å². The maximum atomic E-state index is 10.4. The molecule has 2 N–H and O–H groups in total. The van der Waals surface area contributed by atoms with Gasteiger partial charge in [-0.1, -0.05) is 0 Å². The van der Waals surface area contributed by atoms with E-state index < -0.39 is 0 Å². The molecule has 0 amide bonds. The third-order valence-corrected chi connectivity index (χ3v) is 1.28. The van der Waals surface area contributed by atoms with Crippen molar-refractivity contribution < 1.29 is 9.90 Å². The van der Waals surface area contributed by atoms with Gasteiger partial charge in [-0.05, 0) is 0 Å². The Labute approximate surface area is 47.7 Å². The second-order valence-electron chi connectivity index (χ2n) is 2.00. The van der Waals surface area contributed by atoms with E-state index >= 15 is 0 Å². The van der Waals surface area contributed by atoms with Crippen LogP contribution in [0.25, 0.3) is 0 Å². The number of hydrogen-bond donors (Lipinski definition) is 2. The minimum atomic E-state index is 0.0301. The summed E-state index contributed by atoms with van der Waals surface area (Å²) in [5.41, 5.74) is 0. The first-order valence-electron chi connectivity index (χ1n) is 2.69. The van der Waals surface area contributed by atoms with Gasteiger partial charge in [-0.15, -0.1) is 0 Å². The number of carbonyl (C=O) groups excluding carboxylic acids is 1. The predicted molar refractivity (Wildman–Crippen MR) is 28.5 cm³/mol. The molecule has 46 valence electrons. The van der Waals surface area contributed by atoms with Gasteiger partial charge < -0.3 is 10.4 Å². The standard InChI is InChI=1S/C5H9NO2/c7-3-4-1-5(8)2-6-4/h4,6-7H,1-3H2. The zero-order valence-corrected chi connectivity index (χ0v) is 4.55. The van der Waals surface area contributed by atoms with Crippen molar-refractivity contribution >= 4 is 5.78 Å².